The van der Waals surface area contributed by atoms with Crippen molar-refractivity contribution < 1.29 is 18.7 Å². The van der Waals surface area contributed by atoms with E-state index < -0.39 is 0 Å². The molecule has 6 nitrogen and oxygen atoms in total. The third-order valence-corrected chi connectivity index (χ3v) is 4.36. The number of ether oxygens (including phenoxy) is 2. The molecule has 0 aliphatic heterocycles. The fourth-order valence-corrected chi connectivity index (χ4v) is 2.78. The number of anilines is 1. The molecule has 1 aliphatic rings. The van der Waals surface area contributed by atoms with Gasteiger partial charge in [-0.3, -0.25) is 4.79 Å². The molecule has 3 aromatic rings. The smallest absolute Gasteiger partial charge is 0.321 e. The Morgan fingerprint density at radius 3 is 2.61 bits per heavy atom. The Hall–Kier alpha value is -3.48. The standard InChI is InChI=1S/C21H18FN3O3/c1-13-11-15(5-8-18(13)28-21-23-9-2-10-24-21)25-20(26)17-12-19(17)27-16-6-3-14(22)4-7-16/h2-11,17,19H,12H2,1H3,(H,25,26). The topological polar surface area (TPSA) is 73.3 Å². The average molecular weight is 379 g/mol. The highest BCUT2D eigenvalue weighted by Crippen LogP contribution is 2.36. The Labute approximate surface area is 161 Å². The van der Waals surface area contributed by atoms with E-state index in [0.717, 1.165) is 5.56 Å². The molecule has 1 fully saturated rings. The average Bonchev–Trinajstić information content (AvgIpc) is 3.46. The zero-order valence-corrected chi connectivity index (χ0v) is 15.1. The molecule has 142 valence electrons. The molecule has 0 spiro atoms. The van der Waals surface area contributed by atoms with Gasteiger partial charge in [0.15, 0.2) is 0 Å². The van der Waals surface area contributed by atoms with E-state index in [9.17, 15) is 9.18 Å². The van der Waals surface area contributed by atoms with Crippen LogP contribution in [0, 0.1) is 18.7 Å². The number of aryl methyl sites for hydroxylation is 1. The van der Waals surface area contributed by atoms with Gasteiger partial charge in [0.2, 0.25) is 5.91 Å². The molecule has 1 saturated carbocycles. The molecule has 2 atom stereocenters. The van der Waals surface area contributed by atoms with Crippen LogP contribution in [0.25, 0.3) is 0 Å². The molecule has 2 aromatic carbocycles. The number of hydrogen-bond acceptors (Lipinski definition) is 5. The van der Waals surface area contributed by atoms with Crippen LogP contribution < -0.4 is 14.8 Å². The Bertz CT molecular complexity index is 980. The Kier molecular flexibility index (Phi) is 4.89. The van der Waals surface area contributed by atoms with E-state index in [0.29, 0.717) is 23.6 Å². The van der Waals surface area contributed by atoms with Crippen molar-refractivity contribution in [2.75, 3.05) is 5.32 Å². The van der Waals surface area contributed by atoms with Crippen LogP contribution >= 0.6 is 0 Å². The van der Waals surface area contributed by atoms with Gasteiger partial charge < -0.3 is 14.8 Å². The van der Waals surface area contributed by atoms with Crippen LogP contribution in [0.3, 0.4) is 0 Å². The number of amides is 1. The minimum Gasteiger partial charge on any atom is -0.490 e. The van der Waals surface area contributed by atoms with Gasteiger partial charge in [-0.25, -0.2) is 14.4 Å². The fraction of sp³-hybridized carbons (Fsp3) is 0.190. The summed E-state index contributed by atoms with van der Waals surface area (Å²) >= 11 is 0. The van der Waals surface area contributed by atoms with Crippen molar-refractivity contribution in [1.29, 1.82) is 0 Å². The molecule has 1 aliphatic carbocycles. The number of nitrogens with zero attached hydrogens (tertiary/aromatic N) is 2. The Morgan fingerprint density at radius 1 is 1.14 bits per heavy atom. The first-order chi connectivity index (χ1) is 13.6. The van der Waals surface area contributed by atoms with Crippen molar-refractivity contribution in [3.8, 4) is 17.5 Å². The lowest BCUT2D eigenvalue weighted by Crippen LogP contribution is -2.17. The summed E-state index contributed by atoms with van der Waals surface area (Å²) in [7, 11) is 0. The maximum atomic E-state index is 12.9. The van der Waals surface area contributed by atoms with Crippen LogP contribution in [0.4, 0.5) is 10.1 Å². The van der Waals surface area contributed by atoms with Gasteiger partial charge in [0.1, 0.15) is 23.4 Å². The van der Waals surface area contributed by atoms with E-state index >= 15 is 0 Å². The lowest BCUT2D eigenvalue weighted by molar-refractivity contribution is -0.117. The van der Waals surface area contributed by atoms with Gasteiger partial charge >= 0.3 is 6.01 Å². The number of rotatable bonds is 6. The second kappa shape index (κ2) is 7.64. The minimum atomic E-state index is -0.320. The van der Waals surface area contributed by atoms with Gasteiger partial charge in [-0.05, 0) is 61.0 Å². The number of benzene rings is 2. The molecule has 0 radical (unpaired) electrons. The molecule has 0 bridgehead atoms. The van der Waals surface area contributed by atoms with Crippen LogP contribution in [-0.2, 0) is 4.79 Å². The molecule has 1 heterocycles. The zero-order valence-electron chi connectivity index (χ0n) is 15.1. The summed E-state index contributed by atoms with van der Waals surface area (Å²) in [6.07, 6.45) is 3.65. The van der Waals surface area contributed by atoms with Crippen molar-refractivity contribution in [2.24, 2.45) is 5.92 Å². The minimum absolute atomic E-state index is 0.105. The maximum Gasteiger partial charge on any atom is 0.321 e. The molecular weight excluding hydrogens is 361 g/mol. The molecule has 4 rings (SSSR count). The predicted molar refractivity (Wildman–Crippen MR) is 101 cm³/mol. The zero-order chi connectivity index (χ0) is 19.5. The molecule has 1 amide bonds. The SMILES string of the molecule is Cc1cc(NC(=O)C2CC2Oc2ccc(F)cc2)ccc1Oc1ncccn1. The first kappa shape index (κ1) is 17.9. The first-order valence-corrected chi connectivity index (χ1v) is 8.87. The van der Waals surface area contributed by atoms with Gasteiger partial charge in [-0.1, -0.05) is 0 Å². The van der Waals surface area contributed by atoms with E-state index in [1.165, 1.54) is 12.1 Å². The third-order valence-electron chi connectivity index (χ3n) is 4.36. The Balaban J connectivity index is 1.33. The quantitative estimate of drug-likeness (QED) is 0.697. The van der Waals surface area contributed by atoms with E-state index in [1.54, 1.807) is 42.7 Å². The van der Waals surface area contributed by atoms with Crippen LogP contribution in [0.15, 0.2) is 60.9 Å². The van der Waals surface area contributed by atoms with E-state index in [-0.39, 0.29) is 29.8 Å². The number of carbonyl (C=O) groups is 1. The van der Waals surface area contributed by atoms with Crippen LogP contribution in [0.2, 0.25) is 0 Å². The monoisotopic (exact) mass is 379 g/mol. The largest absolute Gasteiger partial charge is 0.490 e. The van der Waals surface area contributed by atoms with Crippen LogP contribution in [-0.4, -0.2) is 22.0 Å². The molecule has 7 heteroatoms. The fourth-order valence-electron chi connectivity index (χ4n) is 2.78. The number of hydrogen-bond donors (Lipinski definition) is 1. The number of nitrogens with one attached hydrogen (secondary N) is 1. The third kappa shape index (κ3) is 4.25. The second-order valence-corrected chi connectivity index (χ2v) is 6.56. The molecule has 28 heavy (non-hydrogen) atoms. The molecule has 0 saturated heterocycles. The summed E-state index contributed by atoms with van der Waals surface area (Å²) in [6, 6.07) is 13.1. The maximum absolute atomic E-state index is 12.9. The van der Waals surface area contributed by atoms with Crippen molar-refractivity contribution in [3.05, 3.63) is 72.3 Å². The van der Waals surface area contributed by atoms with Crippen LogP contribution in [0.5, 0.6) is 17.5 Å². The highest BCUT2D eigenvalue weighted by atomic mass is 19.1. The highest BCUT2D eigenvalue weighted by Gasteiger charge is 2.45. The highest BCUT2D eigenvalue weighted by molar-refractivity contribution is 5.95. The summed E-state index contributed by atoms with van der Waals surface area (Å²) in [4.78, 5) is 20.5. The van der Waals surface area contributed by atoms with Crippen molar-refractivity contribution in [3.63, 3.8) is 0 Å². The predicted octanol–water partition coefficient (Wildman–Crippen LogP) is 4.12. The summed E-state index contributed by atoms with van der Waals surface area (Å²) in [5, 5.41) is 2.89. The van der Waals surface area contributed by atoms with E-state index in [4.69, 9.17) is 9.47 Å². The summed E-state index contributed by atoms with van der Waals surface area (Å²) < 4.78 is 24.3. The molecular formula is C21H18FN3O3. The van der Waals surface area contributed by atoms with Gasteiger partial charge in [-0.2, -0.15) is 0 Å². The van der Waals surface area contributed by atoms with Crippen molar-refractivity contribution >= 4 is 11.6 Å². The normalized spacial score (nSPS) is 17.6. The lowest BCUT2D eigenvalue weighted by Gasteiger charge is -2.10. The number of carbonyl (C=O) groups excluding carboxylic acids is 1. The number of aromatic nitrogens is 2. The van der Waals surface area contributed by atoms with Gasteiger partial charge in [-0.15, -0.1) is 0 Å². The van der Waals surface area contributed by atoms with Crippen LogP contribution in [0.1, 0.15) is 12.0 Å². The summed E-state index contributed by atoms with van der Waals surface area (Å²) in [5.41, 5.74) is 1.52. The van der Waals surface area contributed by atoms with Crippen molar-refractivity contribution in [2.45, 2.75) is 19.4 Å². The van der Waals surface area contributed by atoms with E-state index in [1.807, 2.05) is 13.0 Å². The van der Waals surface area contributed by atoms with Crippen molar-refractivity contribution in [1.82, 2.24) is 9.97 Å². The molecule has 1 N–H and O–H groups in total. The first-order valence-electron chi connectivity index (χ1n) is 8.87. The second-order valence-electron chi connectivity index (χ2n) is 6.56. The lowest BCUT2D eigenvalue weighted by atomic mass is 10.2. The molecule has 1 aromatic heterocycles. The summed E-state index contributed by atoms with van der Waals surface area (Å²) in [5.74, 6) is 0.528. The summed E-state index contributed by atoms with van der Waals surface area (Å²) in [6.45, 7) is 1.88. The van der Waals surface area contributed by atoms with Gasteiger partial charge in [0.25, 0.3) is 0 Å². The number of halogens is 1. The van der Waals surface area contributed by atoms with E-state index in [2.05, 4.69) is 15.3 Å². The Morgan fingerprint density at radius 2 is 1.89 bits per heavy atom. The van der Waals surface area contributed by atoms with Gasteiger partial charge in [0, 0.05) is 24.5 Å². The molecule has 2 unspecified atom stereocenters. The van der Waals surface area contributed by atoms with Gasteiger partial charge in [0.05, 0.1) is 5.92 Å².